The Morgan fingerprint density at radius 2 is 1.82 bits per heavy atom. The minimum atomic E-state index is -0.159. The summed E-state index contributed by atoms with van der Waals surface area (Å²) in [7, 11) is 1.68. The molecule has 1 saturated heterocycles. The normalized spacial score (nSPS) is 16.8. The Balaban J connectivity index is 1.62. The van der Waals surface area contributed by atoms with Crippen molar-refractivity contribution in [2.75, 3.05) is 17.3 Å². The number of thiocarbonyl (C=S) groups is 1. The molecule has 0 aliphatic carbocycles. The fourth-order valence-corrected chi connectivity index (χ4v) is 5.74. The van der Waals surface area contributed by atoms with E-state index in [9.17, 15) is 4.79 Å². The Morgan fingerprint density at radius 3 is 2.50 bits per heavy atom. The number of benzene rings is 2. The molecule has 0 radical (unpaired) electrons. The van der Waals surface area contributed by atoms with Crippen molar-refractivity contribution in [3.63, 3.8) is 0 Å². The molecule has 2 aromatic heterocycles. The smallest absolute Gasteiger partial charge is 0.226 e. The highest BCUT2D eigenvalue weighted by Crippen LogP contribution is 2.44. The second-order valence-electron chi connectivity index (χ2n) is 10.5. The van der Waals surface area contributed by atoms with E-state index in [0.29, 0.717) is 5.11 Å². The minimum absolute atomic E-state index is 0.00714. The van der Waals surface area contributed by atoms with Gasteiger partial charge in [-0.25, -0.2) is 0 Å². The maximum absolute atomic E-state index is 12.4. The first-order chi connectivity index (χ1) is 19.2. The molecule has 0 spiro atoms. The third kappa shape index (κ3) is 5.07. The van der Waals surface area contributed by atoms with Gasteiger partial charge in [0.2, 0.25) is 5.91 Å². The monoisotopic (exact) mass is 553 g/mol. The topological polar surface area (TPSA) is 71.4 Å². The number of ether oxygens (including phenoxy) is 1. The molecule has 206 valence electrons. The molecule has 1 aliphatic heterocycles. The van der Waals surface area contributed by atoms with Crippen LogP contribution in [0.15, 0.2) is 72.9 Å². The lowest BCUT2D eigenvalue weighted by Gasteiger charge is -2.29. The number of aromatic nitrogens is 2. The van der Waals surface area contributed by atoms with Crippen molar-refractivity contribution >= 4 is 34.6 Å². The third-order valence-electron chi connectivity index (χ3n) is 7.47. The van der Waals surface area contributed by atoms with Crippen molar-refractivity contribution in [3.8, 4) is 11.4 Å². The number of nitrogens with one attached hydrogen (secondary N) is 2. The number of pyridine rings is 1. The van der Waals surface area contributed by atoms with E-state index in [1.165, 1.54) is 0 Å². The molecule has 4 aromatic rings. The molecule has 8 heteroatoms. The number of anilines is 2. The van der Waals surface area contributed by atoms with Crippen LogP contribution < -0.4 is 20.3 Å². The van der Waals surface area contributed by atoms with Crippen LogP contribution in [-0.2, 0) is 4.79 Å². The van der Waals surface area contributed by atoms with E-state index >= 15 is 0 Å². The summed E-state index contributed by atoms with van der Waals surface area (Å²) in [5.74, 6) is 0.702. The fourth-order valence-electron chi connectivity index (χ4n) is 5.40. The lowest BCUT2D eigenvalue weighted by molar-refractivity contribution is -0.118. The van der Waals surface area contributed by atoms with Crippen LogP contribution in [0.25, 0.3) is 5.69 Å². The number of carbonyl (C=O) groups excluding carboxylic acids is 1. The van der Waals surface area contributed by atoms with Gasteiger partial charge in [-0.05, 0) is 92.6 Å². The van der Waals surface area contributed by atoms with Gasteiger partial charge in [0.1, 0.15) is 5.75 Å². The average Bonchev–Trinajstić information content (AvgIpc) is 3.44. The predicted molar refractivity (Wildman–Crippen MR) is 164 cm³/mol. The van der Waals surface area contributed by atoms with E-state index in [0.717, 1.165) is 51.0 Å². The second-order valence-corrected chi connectivity index (χ2v) is 10.9. The lowest BCUT2D eigenvalue weighted by Crippen LogP contribution is -2.29. The highest BCUT2D eigenvalue weighted by molar-refractivity contribution is 7.80. The summed E-state index contributed by atoms with van der Waals surface area (Å²) >= 11 is 5.96. The number of nitrogens with zero attached hydrogens (tertiary/aromatic N) is 3. The molecule has 2 aromatic carbocycles. The van der Waals surface area contributed by atoms with Crippen LogP contribution in [-0.4, -0.2) is 27.7 Å². The van der Waals surface area contributed by atoms with Gasteiger partial charge in [0.05, 0.1) is 24.9 Å². The molecular formula is C32H35N5O2S. The number of methoxy groups -OCH3 is 1. The van der Waals surface area contributed by atoms with Crippen molar-refractivity contribution in [2.24, 2.45) is 5.92 Å². The summed E-state index contributed by atoms with van der Waals surface area (Å²) in [4.78, 5) is 19.2. The zero-order chi connectivity index (χ0) is 28.6. The van der Waals surface area contributed by atoms with E-state index in [1.807, 2.05) is 75.5 Å². The lowest BCUT2D eigenvalue weighted by atomic mass is 9.96. The van der Waals surface area contributed by atoms with Gasteiger partial charge in [-0.3, -0.25) is 9.78 Å². The molecule has 1 amide bonds. The van der Waals surface area contributed by atoms with E-state index < -0.39 is 0 Å². The zero-order valence-electron chi connectivity index (χ0n) is 23.7. The molecule has 2 N–H and O–H groups in total. The van der Waals surface area contributed by atoms with E-state index in [-0.39, 0.29) is 23.9 Å². The number of hydrogen-bond donors (Lipinski definition) is 2. The van der Waals surface area contributed by atoms with Crippen LogP contribution in [0.5, 0.6) is 5.75 Å². The standard InChI is InChI=1S/C32H35N5O2S/c1-19(2)31(38)34-27-14-13-24(16-20(27)3)37-30(29(35-32(37)40)28-12-7-8-15-33-28)26-17-21(4)36(22(26)5)23-10-9-11-25(18-23)39-6/h7-19,29-30H,1-6H3,(H,34,38)(H,35,40)/t29-,30+/m0/s1. The van der Waals surface area contributed by atoms with Gasteiger partial charge in [0.15, 0.2) is 5.11 Å². The Bertz CT molecular complexity index is 1560. The van der Waals surface area contributed by atoms with Gasteiger partial charge in [-0.15, -0.1) is 0 Å². The van der Waals surface area contributed by atoms with Crippen LogP contribution in [0, 0.1) is 26.7 Å². The SMILES string of the molecule is COc1cccc(-n2c(C)cc([C@@H]3[C@H](c4ccccn4)NC(=S)N3c3ccc(NC(=O)C(C)C)c(C)c3)c2C)c1. The van der Waals surface area contributed by atoms with Crippen LogP contribution in [0.1, 0.15) is 54.1 Å². The van der Waals surface area contributed by atoms with Gasteiger partial charge in [0.25, 0.3) is 0 Å². The molecular weight excluding hydrogens is 518 g/mol. The first-order valence-corrected chi connectivity index (χ1v) is 13.9. The van der Waals surface area contributed by atoms with Crippen molar-refractivity contribution in [2.45, 2.75) is 46.7 Å². The number of carbonyl (C=O) groups is 1. The van der Waals surface area contributed by atoms with Crippen molar-refractivity contribution in [1.29, 1.82) is 0 Å². The Hall–Kier alpha value is -4.17. The van der Waals surface area contributed by atoms with Crippen molar-refractivity contribution in [1.82, 2.24) is 14.9 Å². The molecule has 0 saturated carbocycles. The molecule has 1 fully saturated rings. The maximum Gasteiger partial charge on any atom is 0.226 e. The number of rotatable bonds is 7. The molecule has 5 rings (SSSR count). The van der Waals surface area contributed by atoms with Crippen LogP contribution >= 0.6 is 12.2 Å². The zero-order valence-corrected chi connectivity index (χ0v) is 24.5. The molecule has 0 unspecified atom stereocenters. The molecule has 2 atom stereocenters. The van der Waals surface area contributed by atoms with Gasteiger partial charge in [0, 0.05) is 46.6 Å². The molecule has 1 aliphatic rings. The third-order valence-corrected chi connectivity index (χ3v) is 7.78. The number of hydrogen-bond acceptors (Lipinski definition) is 4. The maximum atomic E-state index is 12.4. The summed E-state index contributed by atoms with van der Waals surface area (Å²) in [5, 5.41) is 7.22. The van der Waals surface area contributed by atoms with Gasteiger partial charge >= 0.3 is 0 Å². The van der Waals surface area contributed by atoms with Gasteiger partial charge < -0.3 is 24.8 Å². The second kappa shape index (κ2) is 11.1. The van der Waals surface area contributed by atoms with E-state index in [1.54, 1.807) is 7.11 Å². The predicted octanol–water partition coefficient (Wildman–Crippen LogP) is 6.58. The largest absolute Gasteiger partial charge is 0.497 e. The minimum Gasteiger partial charge on any atom is -0.497 e. The first kappa shape index (κ1) is 27.4. The molecule has 0 bridgehead atoms. The Labute approximate surface area is 241 Å². The highest BCUT2D eigenvalue weighted by atomic mass is 32.1. The van der Waals surface area contributed by atoms with Crippen molar-refractivity contribution in [3.05, 3.63) is 101 Å². The van der Waals surface area contributed by atoms with Gasteiger partial charge in [-0.1, -0.05) is 26.0 Å². The summed E-state index contributed by atoms with van der Waals surface area (Å²) in [6.07, 6.45) is 1.82. The number of amides is 1. The molecule has 7 nitrogen and oxygen atoms in total. The van der Waals surface area contributed by atoms with Gasteiger partial charge in [-0.2, -0.15) is 0 Å². The van der Waals surface area contributed by atoms with Crippen molar-refractivity contribution < 1.29 is 9.53 Å². The van der Waals surface area contributed by atoms with Crippen LogP contribution in [0.3, 0.4) is 0 Å². The molecule has 40 heavy (non-hydrogen) atoms. The Kier molecular flexibility index (Phi) is 7.63. The first-order valence-electron chi connectivity index (χ1n) is 13.4. The highest BCUT2D eigenvalue weighted by Gasteiger charge is 2.42. The van der Waals surface area contributed by atoms with Crippen LogP contribution in [0.4, 0.5) is 11.4 Å². The van der Waals surface area contributed by atoms with Crippen LogP contribution in [0.2, 0.25) is 0 Å². The summed E-state index contributed by atoms with van der Waals surface area (Å²) < 4.78 is 7.75. The Morgan fingerprint density at radius 1 is 1.02 bits per heavy atom. The van der Waals surface area contributed by atoms with E-state index in [4.69, 9.17) is 21.9 Å². The average molecular weight is 554 g/mol. The summed E-state index contributed by atoms with van der Waals surface area (Å²) in [6.45, 7) is 10.0. The summed E-state index contributed by atoms with van der Waals surface area (Å²) in [6, 6.07) is 22.0. The molecule has 3 heterocycles. The fraction of sp³-hybridized carbons (Fsp3) is 0.281. The quantitative estimate of drug-likeness (QED) is 0.252. The van der Waals surface area contributed by atoms with E-state index in [2.05, 4.69) is 52.1 Å². The number of aryl methyl sites for hydroxylation is 2. The summed E-state index contributed by atoms with van der Waals surface area (Å²) in [5.41, 5.74) is 8.06.